The molecule has 36 heavy (non-hydrogen) atoms. The Morgan fingerprint density at radius 1 is 1.06 bits per heavy atom. The normalized spacial score (nSPS) is 16.7. The third kappa shape index (κ3) is 5.15. The van der Waals surface area contributed by atoms with E-state index in [2.05, 4.69) is 10.3 Å². The van der Waals surface area contributed by atoms with Crippen molar-refractivity contribution in [2.75, 3.05) is 13.1 Å². The highest BCUT2D eigenvalue weighted by Crippen LogP contribution is 2.27. The highest BCUT2D eigenvalue weighted by Gasteiger charge is 2.40. The summed E-state index contributed by atoms with van der Waals surface area (Å²) in [5.41, 5.74) is 2.11. The molecule has 2 aromatic carbocycles. The number of piperidine rings is 1. The molecule has 10 heteroatoms. The molecule has 0 saturated carbocycles. The maximum absolute atomic E-state index is 12.3. The number of aromatic amines is 1. The number of hydrogen-bond donors (Lipinski definition) is 2. The number of nitrogens with one attached hydrogen (secondary N) is 2. The molecule has 3 aromatic rings. The van der Waals surface area contributed by atoms with Crippen LogP contribution in [0.5, 0.6) is 0 Å². The summed E-state index contributed by atoms with van der Waals surface area (Å²) in [6.07, 6.45) is 1.91. The van der Waals surface area contributed by atoms with Gasteiger partial charge in [-0.15, -0.1) is 0 Å². The third-order valence-corrected chi connectivity index (χ3v) is 6.47. The van der Waals surface area contributed by atoms with Crippen molar-refractivity contribution < 1.29 is 9.59 Å². The number of rotatable bonds is 3. The molecule has 3 heterocycles. The van der Waals surface area contributed by atoms with E-state index >= 15 is 0 Å². The molecule has 184 valence electrons. The first kappa shape index (κ1) is 25.1. The van der Waals surface area contributed by atoms with Crippen molar-refractivity contribution >= 4 is 23.4 Å². The van der Waals surface area contributed by atoms with E-state index in [1.54, 1.807) is 30.3 Å². The second-order valence-corrected chi connectivity index (χ2v) is 9.03. The van der Waals surface area contributed by atoms with E-state index in [1.165, 1.54) is 9.47 Å². The number of amides is 2. The Morgan fingerprint density at radius 2 is 1.81 bits per heavy atom. The summed E-state index contributed by atoms with van der Waals surface area (Å²) in [6.45, 7) is 3.75. The number of fused-ring (bicyclic) bond motifs is 1. The van der Waals surface area contributed by atoms with Gasteiger partial charge in [0.15, 0.2) is 0 Å². The van der Waals surface area contributed by atoms with Crippen LogP contribution in [0.2, 0.25) is 5.15 Å². The fourth-order valence-corrected chi connectivity index (χ4v) is 4.57. The smallest absolute Gasteiger partial charge is 0.315 e. The van der Waals surface area contributed by atoms with Gasteiger partial charge in [0, 0.05) is 12.6 Å². The molecule has 0 bridgehead atoms. The van der Waals surface area contributed by atoms with Crippen LogP contribution in [-0.4, -0.2) is 45.4 Å². The molecule has 1 saturated heterocycles. The van der Waals surface area contributed by atoms with Gasteiger partial charge in [0.25, 0.3) is 17.4 Å². The number of hydrogen-bond acceptors (Lipinski definition) is 6. The van der Waals surface area contributed by atoms with E-state index in [4.69, 9.17) is 16.9 Å². The molecular formula is C26H24ClN5O4. The number of aryl methyl sites for hydroxylation is 1. The summed E-state index contributed by atoms with van der Waals surface area (Å²) in [7, 11) is 0. The molecule has 1 aromatic heterocycles. The van der Waals surface area contributed by atoms with Crippen LogP contribution in [0.1, 0.15) is 50.2 Å². The van der Waals surface area contributed by atoms with Gasteiger partial charge in [0.1, 0.15) is 5.15 Å². The minimum absolute atomic E-state index is 0.00598. The lowest BCUT2D eigenvalue weighted by molar-refractivity contribution is 0.0561. The topological polar surface area (TPSA) is 128 Å². The van der Waals surface area contributed by atoms with Crippen molar-refractivity contribution in [3.05, 3.63) is 102 Å². The Balaban J connectivity index is 0.000000169. The number of nitrogens with zero attached hydrogens (tertiary/aromatic N) is 3. The lowest BCUT2D eigenvalue weighted by atomic mass is 10.1. The SMILES string of the molecule is Cc1ccc2c(c1)C(=O)N([C@@H]1CCCNC1)C2=O.N#Cc1ccccc1Cn1c(Cl)cc(=O)[nH]c1=O. The molecule has 2 N–H and O–H groups in total. The zero-order valence-electron chi connectivity index (χ0n) is 19.6. The van der Waals surface area contributed by atoms with Gasteiger partial charge >= 0.3 is 5.69 Å². The van der Waals surface area contributed by atoms with Gasteiger partial charge in [-0.3, -0.25) is 28.8 Å². The Hall–Kier alpha value is -4.00. The monoisotopic (exact) mass is 505 g/mol. The van der Waals surface area contributed by atoms with Crippen LogP contribution in [0.25, 0.3) is 0 Å². The van der Waals surface area contributed by atoms with Crippen LogP contribution < -0.4 is 16.6 Å². The third-order valence-electron chi connectivity index (χ3n) is 6.16. The molecule has 2 amide bonds. The van der Waals surface area contributed by atoms with Crippen LogP contribution in [0.3, 0.4) is 0 Å². The number of halogens is 1. The summed E-state index contributed by atoms with van der Waals surface area (Å²) in [4.78, 5) is 50.8. The molecule has 5 rings (SSSR count). The number of H-pyrrole nitrogens is 1. The average molecular weight is 506 g/mol. The number of benzene rings is 2. The van der Waals surface area contributed by atoms with Gasteiger partial charge in [0.2, 0.25) is 0 Å². The Labute approximate surface area is 211 Å². The molecule has 0 spiro atoms. The van der Waals surface area contributed by atoms with Crippen LogP contribution >= 0.6 is 11.6 Å². The standard InChI is InChI=1S/C14H16N2O2.C12H8ClN3O2/c1-9-4-5-11-12(7-9)14(18)16(13(11)17)10-3-2-6-15-8-10;13-10-5-11(17)15-12(18)16(10)7-9-4-2-1-3-8(9)6-14/h4-5,7,10,15H,2-3,6,8H2,1H3;1-5H,7H2,(H,15,17,18)/t10-;/m1./s1. The summed E-state index contributed by atoms with van der Waals surface area (Å²) < 4.78 is 1.19. The van der Waals surface area contributed by atoms with Gasteiger partial charge < -0.3 is 5.32 Å². The van der Waals surface area contributed by atoms with Crippen LogP contribution in [0.15, 0.2) is 58.1 Å². The summed E-state index contributed by atoms with van der Waals surface area (Å²) in [5.74, 6) is -0.267. The lowest BCUT2D eigenvalue weighted by Gasteiger charge is -2.29. The van der Waals surface area contributed by atoms with Crippen molar-refractivity contribution in [1.82, 2.24) is 19.8 Å². The fourth-order valence-electron chi connectivity index (χ4n) is 4.34. The Morgan fingerprint density at radius 3 is 2.50 bits per heavy atom. The molecule has 9 nitrogen and oxygen atoms in total. The summed E-state index contributed by atoms with van der Waals surface area (Å²) >= 11 is 5.84. The van der Waals surface area contributed by atoms with Gasteiger partial charge in [-0.1, -0.05) is 41.4 Å². The second-order valence-electron chi connectivity index (χ2n) is 8.65. The first-order valence-electron chi connectivity index (χ1n) is 11.5. The minimum Gasteiger partial charge on any atom is -0.315 e. The van der Waals surface area contributed by atoms with Gasteiger partial charge in [-0.25, -0.2) is 4.79 Å². The number of carbonyl (C=O) groups excluding carboxylic acids is 2. The molecule has 0 aliphatic carbocycles. The molecule has 0 radical (unpaired) electrons. The first-order chi connectivity index (χ1) is 17.3. The highest BCUT2D eigenvalue weighted by atomic mass is 35.5. The quantitative estimate of drug-likeness (QED) is 0.415. The van der Waals surface area contributed by atoms with Gasteiger partial charge in [-0.2, -0.15) is 5.26 Å². The predicted molar refractivity (Wildman–Crippen MR) is 134 cm³/mol. The lowest BCUT2D eigenvalue weighted by Crippen LogP contribution is -2.48. The fraction of sp³-hybridized carbons (Fsp3) is 0.269. The highest BCUT2D eigenvalue weighted by molar-refractivity contribution is 6.29. The molecule has 2 aliphatic rings. The Kier molecular flexibility index (Phi) is 7.48. The summed E-state index contributed by atoms with van der Waals surface area (Å²) in [5, 5.41) is 12.2. The van der Waals surface area contributed by atoms with E-state index in [0.29, 0.717) is 28.8 Å². The maximum Gasteiger partial charge on any atom is 0.329 e. The number of aromatic nitrogens is 2. The zero-order chi connectivity index (χ0) is 25.8. The van der Waals surface area contributed by atoms with E-state index in [-0.39, 0.29) is 29.6 Å². The van der Waals surface area contributed by atoms with Crippen LogP contribution in [0.4, 0.5) is 0 Å². The largest absolute Gasteiger partial charge is 0.329 e. The predicted octanol–water partition coefficient (Wildman–Crippen LogP) is 2.45. The average Bonchev–Trinajstić information content (AvgIpc) is 3.11. The van der Waals surface area contributed by atoms with E-state index in [0.717, 1.165) is 31.0 Å². The molecule has 1 fully saturated rings. The van der Waals surface area contributed by atoms with Crippen LogP contribution in [0, 0.1) is 18.3 Å². The molecule has 1 atom stereocenters. The van der Waals surface area contributed by atoms with Crippen molar-refractivity contribution in [1.29, 1.82) is 5.26 Å². The minimum atomic E-state index is -0.597. The second kappa shape index (κ2) is 10.7. The molecular weight excluding hydrogens is 482 g/mol. The van der Waals surface area contributed by atoms with Crippen molar-refractivity contribution in [2.45, 2.75) is 32.4 Å². The molecule has 2 aliphatic heterocycles. The number of imide groups is 1. The number of carbonyl (C=O) groups is 2. The Bertz CT molecular complexity index is 1480. The van der Waals surface area contributed by atoms with E-state index in [9.17, 15) is 19.2 Å². The van der Waals surface area contributed by atoms with Crippen molar-refractivity contribution in [3.8, 4) is 6.07 Å². The van der Waals surface area contributed by atoms with Gasteiger partial charge in [0.05, 0.1) is 35.3 Å². The van der Waals surface area contributed by atoms with E-state index in [1.807, 2.05) is 25.1 Å². The molecule has 0 unspecified atom stereocenters. The van der Waals surface area contributed by atoms with Crippen molar-refractivity contribution in [2.24, 2.45) is 0 Å². The maximum atomic E-state index is 12.3. The zero-order valence-corrected chi connectivity index (χ0v) is 20.3. The summed E-state index contributed by atoms with van der Waals surface area (Å²) in [6, 6.07) is 15.5. The number of nitriles is 1. The van der Waals surface area contributed by atoms with Gasteiger partial charge in [-0.05, 0) is 50.1 Å². The van der Waals surface area contributed by atoms with Crippen molar-refractivity contribution in [3.63, 3.8) is 0 Å². The van der Waals surface area contributed by atoms with E-state index < -0.39 is 11.2 Å². The first-order valence-corrected chi connectivity index (χ1v) is 11.8. The van der Waals surface area contributed by atoms with Crippen LogP contribution in [-0.2, 0) is 6.54 Å².